The number of carbonyl (C=O) groups excluding carboxylic acids is 13. The molecule has 0 bridgehead atoms. The van der Waals surface area contributed by atoms with Crippen molar-refractivity contribution in [1.82, 2.24) is 44.1 Å². The number of hydrogen-bond donors (Lipinski definition) is 0. The summed E-state index contributed by atoms with van der Waals surface area (Å²) in [4.78, 5) is 158. The topological polar surface area (TPSA) is 275 Å². The van der Waals surface area contributed by atoms with E-state index in [1.165, 1.54) is 51.5 Å². The number of rotatable bonds is 11. The van der Waals surface area contributed by atoms with Crippen LogP contribution in [0.25, 0.3) is 0 Å². The minimum Gasteiger partial charge on any atom is -0.339 e. The molecule has 9 rings (SSSR count). The first kappa shape index (κ1) is 89.2. The van der Waals surface area contributed by atoms with Crippen molar-refractivity contribution in [2.75, 3.05) is 39.3 Å². The Morgan fingerprint density at radius 3 is 1.16 bits per heavy atom. The van der Waals surface area contributed by atoms with Crippen LogP contribution in [0.15, 0.2) is 93.6 Å². The Morgan fingerprint density at radius 1 is 0.475 bits per heavy atom. The second-order valence-corrected chi connectivity index (χ2v) is 28.5. The van der Waals surface area contributed by atoms with E-state index in [-0.39, 0.29) is 104 Å². The molecule has 0 aliphatic carbocycles. The van der Waals surface area contributed by atoms with Gasteiger partial charge in [-0.15, -0.1) is 0 Å². The van der Waals surface area contributed by atoms with Crippen molar-refractivity contribution >= 4 is 112 Å². The van der Waals surface area contributed by atoms with Crippen molar-refractivity contribution in [1.29, 1.82) is 5.26 Å². The molecule has 23 nitrogen and oxygen atoms in total. The normalized spacial score (nSPS) is 20.2. The molecule has 0 saturated carbocycles. The zero-order chi connectivity index (χ0) is 76.5. The summed E-state index contributed by atoms with van der Waals surface area (Å²) in [7, 11) is 0. The number of amides is 13. The van der Waals surface area contributed by atoms with E-state index in [9.17, 15) is 62.3 Å². The Kier molecular flexibility index (Phi) is 37.6. The molecule has 0 aromatic rings. The van der Waals surface area contributed by atoms with E-state index >= 15 is 0 Å². The van der Waals surface area contributed by atoms with Gasteiger partial charge in [-0.2, -0.15) is 5.26 Å². The summed E-state index contributed by atoms with van der Waals surface area (Å²) in [5.74, 6) is 0.933. The van der Waals surface area contributed by atoms with Crippen molar-refractivity contribution in [3.63, 3.8) is 0 Å². The summed E-state index contributed by atoms with van der Waals surface area (Å²) in [5.41, 5.74) is 1.69. The highest BCUT2D eigenvalue weighted by atomic mass is 35.5. The average Bonchev–Trinajstić information content (AvgIpc) is 1.68. The van der Waals surface area contributed by atoms with Crippen LogP contribution in [0, 0.1) is 41.0 Å². The number of likely N-dealkylation sites (tertiary alicyclic amines) is 3. The first-order chi connectivity index (χ1) is 45.9. The molecule has 3 fully saturated rings. The Bertz CT molecular complexity index is 3080. The third-order valence-corrected chi connectivity index (χ3v) is 18.1. The molecule has 13 amide bonds. The van der Waals surface area contributed by atoms with Gasteiger partial charge in [0, 0.05) is 129 Å². The maximum atomic E-state index is 11.4. The van der Waals surface area contributed by atoms with Crippen LogP contribution in [0.5, 0.6) is 0 Å². The van der Waals surface area contributed by atoms with Crippen LogP contribution < -0.4 is 0 Å². The fourth-order valence-electron chi connectivity index (χ4n) is 11.0. The van der Waals surface area contributed by atoms with Crippen LogP contribution >= 0.6 is 34.8 Å². The van der Waals surface area contributed by atoms with E-state index in [0.29, 0.717) is 46.6 Å². The maximum Gasteiger partial charge on any atom is 0.274 e. The third kappa shape index (κ3) is 25.7. The minimum atomic E-state index is -0.512. The summed E-state index contributed by atoms with van der Waals surface area (Å²) in [6.07, 6.45) is 18.3. The Labute approximate surface area is 602 Å². The Hall–Kier alpha value is -7.81. The number of carbonyl (C=O) groups is 13. The summed E-state index contributed by atoms with van der Waals surface area (Å²) in [6.45, 7) is 52.7. The average molecular weight is 1440 g/mol. The highest BCUT2D eigenvalue weighted by Crippen LogP contribution is 2.29. The molecule has 26 heteroatoms. The van der Waals surface area contributed by atoms with Gasteiger partial charge in [0.05, 0.1) is 0 Å². The fraction of sp³-hybridized carbons (Fsp3) is 0.589. The number of nitriles is 1. The van der Waals surface area contributed by atoms with Gasteiger partial charge in [0.2, 0.25) is 17.7 Å². The van der Waals surface area contributed by atoms with Crippen LogP contribution in [-0.2, 0) is 62.3 Å². The Balaban J connectivity index is 0.000000558. The van der Waals surface area contributed by atoms with Crippen LogP contribution in [0.1, 0.15) is 171 Å². The maximum absolute atomic E-state index is 11.4. The van der Waals surface area contributed by atoms with Gasteiger partial charge in [-0.25, -0.2) is 0 Å². The van der Waals surface area contributed by atoms with Gasteiger partial charge >= 0.3 is 0 Å². The molecule has 3 unspecified atom stereocenters. The molecule has 9 heterocycles. The van der Waals surface area contributed by atoms with Gasteiger partial charge in [0.1, 0.15) is 15.1 Å². The van der Waals surface area contributed by atoms with Crippen LogP contribution in [-0.4, -0.2) is 202 Å². The highest BCUT2D eigenvalue weighted by Gasteiger charge is 2.39. The molecule has 9 aliphatic rings. The molecule has 0 spiro atoms. The third-order valence-electron chi connectivity index (χ3n) is 17.1. The highest BCUT2D eigenvalue weighted by molar-refractivity contribution is 6.58. The predicted octanol–water partition coefficient (Wildman–Crippen LogP) is 10.2. The van der Waals surface area contributed by atoms with Gasteiger partial charge in [-0.05, 0) is 171 Å². The zero-order valence-corrected chi connectivity index (χ0v) is 64.2. The lowest BCUT2D eigenvalue weighted by Crippen LogP contribution is -2.37. The van der Waals surface area contributed by atoms with Crippen molar-refractivity contribution in [2.24, 2.45) is 29.6 Å². The Morgan fingerprint density at radius 2 is 0.899 bits per heavy atom. The monoisotopic (exact) mass is 1440 g/mol. The molecule has 0 radical (unpaired) electrons. The summed E-state index contributed by atoms with van der Waals surface area (Å²) in [5, 5.41) is 8.18. The van der Waals surface area contributed by atoms with Crippen molar-refractivity contribution < 1.29 is 62.3 Å². The van der Waals surface area contributed by atoms with Gasteiger partial charge in [0.15, 0.2) is 6.19 Å². The number of nitrogens with zero attached hydrogens (tertiary/aromatic N) is 10. The largest absolute Gasteiger partial charge is 0.339 e. The molecule has 9 aliphatic heterocycles. The molecule has 0 N–H and O–H groups in total. The first-order valence-electron chi connectivity index (χ1n) is 33.7. The van der Waals surface area contributed by atoms with E-state index in [1.54, 1.807) is 54.5 Å². The minimum absolute atomic E-state index is 0.00343. The van der Waals surface area contributed by atoms with Gasteiger partial charge < -0.3 is 19.6 Å². The van der Waals surface area contributed by atoms with Crippen LogP contribution in [0.3, 0.4) is 0 Å². The second-order valence-electron chi connectivity index (χ2n) is 27.3. The quantitative estimate of drug-likeness (QED) is 0.106. The smallest absolute Gasteiger partial charge is 0.274 e. The van der Waals surface area contributed by atoms with E-state index in [1.807, 2.05) is 81.1 Å². The lowest BCUT2D eigenvalue weighted by atomic mass is 9.95. The van der Waals surface area contributed by atoms with E-state index in [2.05, 4.69) is 60.9 Å². The van der Waals surface area contributed by atoms with E-state index in [4.69, 9.17) is 40.1 Å². The van der Waals surface area contributed by atoms with Gasteiger partial charge in [-0.3, -0.25) is 86.8 Å². The molecule has 0 aromatic heterocycles. The van der Waals surface area contributed by atoms with Gasteiger partial charge in [0.25, 0.3) is 59.1 Å². The number of hydrogen-bond acceptors (Lipinski definition) is 15. The molecule has 99 heavy (non-hydrogen) atoms. The molecular formula is C73H107Cl3N10O13. The first-order valence-corrected chi connectivity index (χ1v) is 34.8. The van der Waals surface area contributed by atoms with Crippen LogP contribution in [0.2, 0.25) is 0 Å². The van der Waals surface area contributed by atoms with Crippen molar-refractivity contribution in [2.45, 2.75) is 213 Å². The second kappa shape index (κ2) is 41.7. The van der Waals surface area contributed by atoms with E-state index in [0.717, 1.165) is 86.2 Å². The van der Waals surface area contributed by atoms with Gasteiger partial charge in [-0.1, -0.05) is 95.6 Å². The zero-order valence-electron chi connectivity index (χ0n) is 61.9. The molecule has 3 atom stereocenters. The SMILES string of the molecule is C=CC(=O)N1CCC(C(C)C)C1.C=CC(=O)N1CCCC1C(C)C.CC(C)C1CCN(C#N)C1.CC(C)N1C(=O)C(Cl)=C(Cl)C1=O.CC(C)N1C(=O)C=C(Cl)C1=O.CC(C)N1C(=O)C=CC1=O.CC(C)N1CC=CC1=O.CC1=C(C)C(=O)N(C(C)C)C1=O.CC1=CC(=O)N(C(C)C)C1=O. The van der Waals surface area contributed by atoms with Crippen molar-refractivity contribution in [3.05, 3.63) is 93.6 Å². The fourth-order valence-corrected chi connectivity index (χ4v) is 11.6. The summed E-state index contributed by atoms with van der Waals surface area (Å²) < 4.78 is 0. The van der Waals surface area contributed by atoms with Crippen LogP contribution in [0.4, 0.5) is 0 Å². The molecule has 0 aromatic carbocycles. The lowest BCUT2D eigenvalue weighted by Gasteiger charge is -2.26. The molecule has 3 saturated heterocycles. The number of halogens is 3. The predicted molar refractivity (Wildman–Crippen MR) is 384 cm³/mol. The summed E-state index contributed by atoms with van der Waals surface area (Å²) in [6, 6.07) is 0.330. The molecular weight excluding hydrogens is 1330 g/mol. The van der Waals surface area contributed by atoms with E-state index < -0.39 is 17.7 Å². The standard InChI is InChI=1S/2C10H17NO.C9H13NO2.C8H14N2.C8H11NO2.C7H7Cl2NO2.C7H8ClNO2.C7H9NO2.C7H11NO/c1-4-10(12)11-6-5-9(7-11)8(2)3;1-4-10(12)11-7-5-6-9(11)8(2)3;1-5(2)10-8(11)6(3)7(4)9(10)12;1-7(2)8-3-4-10(5-8)6-9;1-5(2)9-7(10)4-6(3)8(9)11;1-3(2)10-6(11)4(8)5(9)7(10)12;1-4(2)9-6(10)3-5(8)7(9)11;1-5(2)8-6(9)3-4-7(8)10;1-6(2)8-5-3-4-7(8)9/h2*4,8-9H,1,5-7H2,2-3H3;5H,1-4H3;7-8H,3-5H2,1-2H3;4-5H,1-3H3;3H,1-2H3;3-4H,1-2H3;3-5H,1-2H3;3-4,6H,5H2,1-2H3. The number of imide groups is 5. The molecule has 548 valence electrons. The van der Waals surface area contributed by atoms with Crippen molar-refractivity contribution in [3.8, 4) is 6.19 Å². The summed E-state index contributed by atoms with van der Waals surface area (Å²) >= 11 is 16.4. The lowest BCUT2D eigenvalue weighted by molar-refractivity contribution is -0.141.